The summed E-state index contributed by atoms with van der Waals surface area (Å²) in [5.41, 5.74) is -0.737. The van der Waals surface area contributed by atoms with Gasteiger partial charge in [-0.3, -0.25) is 9.69 Å². The first-order chi connectivity index (χ1) is 8.42. The van der Waals surface area contributed by atoms with E-state index in [2.05, 4.69) is 11.4 Å². The van der Waals surface area contributed by atoms with E-state index in [1.807, 2.05) is 18.7 Å². The van der Waals surface area contributed by atoms with Crippen molar-refractivity contribution in [2.24, 2.45) is 5.92 Å². The molecule has 0 aliphatic heterocycles. The van der Waals surface area contributed by atoms with Crippen LogP contribution in [0.3, 0.4) is 0 Å². The number of carbonyl (C=O) groups excluding carboxylic acids is 1. The van der Waals surface area contributed by atoms with Crippen LogP contribution in [0.1, 0.15) is 33.6 Å². The maximum absolute atomic E-state index is 12.0. The van der Waals surface area contributed by atoms with Crippen molar-refractivity contribution in [3.63, 3.8) is 0 Å². The summed E-state index contributed by atoms with van der Waals surface area (Å²) in [6, 6.07) is 2.40. The first-order valence-electron chi connectivity index (χ1n) is 6.50. The zero-order chi connectivity index (χ0) is 13.8. The number of aliphatic hydroxyl groups excluding tert-OH is 1. The molecular weight excluding hydrogens is 230 g/mol. The zero-order valence-corrected chi connectivity index (χ0v) is 11.4. The summed E-state index contributed by atoms with van der Waals surface area (Å²) >= 11 is 0. The largest absolute Gasteiger partial charge is 0.395 e. The molecule has 0 bridgehead atoms. The molecule has 1 saturated carbocycles. The van der Waals surface area contributed by atoms with E-state index in [-0.39, 0.29) is 31.0 Å². The molecule has 0 aromatic heterocycles. The van der Waals surface area contributed by atoms with Crippen molar-refractivity contribution < 1.29 is 9.90 Å². The number of nitrogens with one attached hydrogen (secondary N) is 1. The lowest BCUT2D eigenvalue weighted by atomic mass is 9.98. The van der Waals surface area contributed by atoms with Gasteiger partial charge in [-0.15, -0.1) is 0 Å². The van der Waals surface area contributed by atoms with Crippen LogP contribution in [-0.2, 0) is 4.79 Å². The van der Waals surface area contributed by atoms with Gasteiger partial charge in [-0.25, -0.2) is 0 Å². The van der Waals surface area contributed by atoms with Gasteiger partial charge in [0.1, 0.15) is 5.54 Å². The van der Waals surface area contributed by atoms with Crippen LogP contribution in [0.15, 0.2) is 0 Å². The average molecular weight is 253 g/mol. The lowest BCUT2D eigenvalue weighted by Crippen LogP contribution is -2.51. The second kappa shape index (κ2) is 6.17. The van der Waals surface area contributed by atoms with E-state index < -0.39 is 5.54 Å². The highest BCUT2D eigenvalue weighted by Crippen LogP contribution is 2.39. The van der Waals surface area contributed by atoms with Gasteiger partial charge in [0.2, 0.25) is 5.91 Å². The topological polar surface area (TPSA) is 76.4 Å². The molecule has 1 amide bonds. The molecule has 102 valence electrons. The predicted octanol–water partition coefficient (Wildman–Crippen LogP) is 0.498. The van der Waals surface area contributed by atoms with Crippen molar-refractivity contribution in [2.45, 2.75) is 45.2 Å². The number of rotatable bonds is 7. The average Bonchev–Trinajstić information content (AvgIpc) is 3.12. The third-order valence-corrected chi connectivity index (χ3v) is 3.49. The van der Waals surface area contributed by atoms with Crippen molar-refractivity contribution in [3.05, 3.63) is 0 Å². The number of hydrogen-bond donors (Lipinski definition) is 2. The molecule has 0 aromatic carbocycles. The van der Waals surface area contributed by atoms with Crippen molar-refractivity contribution in [2.75, 3.05) is 19.7 Å². The highest BCUT2D eigenvalue weighted by Gasteiger charge is 2.43. The van der Waals surface area contributed by atoms with E-state index in [1.165, 1.54) is 0 Å². The van der Waals surface area contributed by atoms with Crippen molar-refractivity contribution >= 4 is 5.91 Å². The van der Waals surface area contributed by atoms with E-state index in [0.29, 0.717) is 6.54 Å². The molecule has 18 heavy (non-hydrogen) atoms. The molecular formula is C13H23N3O2. The SMILES string of the molecule is CC(C)N(CCO)CC(=O)NC(C)(C#N)C1CC1. The van der Waals surface area contributed by atoms with Crippen LogP contribution in [0.25, 0.3) is 0 Å². The predicted molar refractivity (Wildman–Crippen MR) is 68.7 cm³/mol. The van der Waals surface area contributed by atoms with Gasteiger partial charge in [0.25, 0.3) is 0 Å². The molecule has 1 unspecified atom stereocenters. The van der Waals surface area contributed by atoms with Gasteiger partial charge in [-0.1, -0.05) is 0 Å². The van der Waals surface area contributed by atoms with E-state index in [1.54, 1.807) is 6.92 Å². The normalized spacial score (nSPS) is 18.5. The molecule has 0 saturated heterocycles. The summed E-state index contributed by atoms with van der Waals surface area (Å²) in [5.74, 6) is 0.143. The van der Waals surface area contributed by atoms with Crippen LogP contribution in [-0.4, -0.2) is 47.2 Å². The Bertz CT molecular complexity index is 334. The van der Waals surface area contributed by atoms with Gasteiger partial charge in [-0.2, -0.15) is 5.26 Å². The quantitative estimate of drug-likeness (QED) is 0.692. The minimum absolute atomic E-state index is 0.0314. The summed E-state index contributed by atoms with van der Waals surface area (Å²) in [6.07, 6.45) is 2.02. The molecule has 0 aromatic rings. The lowest BCUT2D eigenvalue weighted by molar-refractivity contribution is -0.124. The van der Waals surface area contributed by atoms with Crippen molar-refractivity contribution in [1.82, 2.24) is 10.2 Å². The van der Waals surface area contributed by atoms with Crippen molar-refractivity contribution in [1.29, 1.82) is 5.26 Å². The van der Waals surface area contributed by atoms with E-state index in [9.17, 15) is 10.1 Å². The maximum Gasteiger partial charge on any atom is 0.235 e. The summed E-state index contributed by atoms with van der Waals surface area (Å²) in [7, 11) is 0. The summed E-state index contributed by atoms with van der Waals surface area (Å²) in [5, 5.41) is 20.9. The van der Waals surface area contributed by atoms with Crippen LogP contribution in [0.5, 0.6) is 0 Å². The molecule has 1 fully saturated rings. The Kier molecular flexibility index (Phi) is 5.12. The molecule has 1 rings (SSSR count). The second-order valence-corrected chi connectivity index (χ2v) is 5.42. The van der Waals surface area contributed by atoms with Gasteiger partial charge in [-0.05, 0) is 39.5 Å². The minimum Gasteiger partial charge on any atom is -0.395 e. The third-order valence-electron chi connectivity index (χ3n) is 3.49. The Morgan fingerprint density at radius 2 is 2.22 bits per heavy atom. The molecule has 5 heteroatoms. The van der Waals surface area contributed by atoms with Gasteiger partial charge < -0.3 is 10.4 Å². The number of aliphatic hydroxyl groups is 1. The highest BCUT2D eigenvalue weighted by atomic mass is 16.3. The Labute approximate surface area is 109 Å². The molecule has 0 spiro atoms. The summed E-state index contributed by atoms with van der Waals surface area (Å²) in [4.78, 5) is 13.8. The van der Waals surface area contributed by atoms with Gasteiger partial charge in [0, 0.05) is 12.6 Å². The Morgan fingerprint density at radius 1 is 1.61 bits per heavy atom. The molecule has 2 N–H and O–H groups in total. The lowest BCUT2D eigenvalue weighted by Gasteiger charge is -2.28. The standard InChI is InChI=1S/C13H23N3O2/c1-10(2)16(6-7-17)8-12(18)15-13(3,9-14)11-4-5-11/h10-11,17H,4-8H2,1-3H3,(H,15,18). The fourth-order valence-electron chi connectivity index (χ4n) is 2.04. The molecule has 0 heterocycles. The van der Waals surface area contributed by atoms with Crippen LogP contribution in [0.2, 0.25) is 0 Å². The first-order valence-corrected chi connectivity index (χ1v) is 6.50. The molecule has 0 radical (unpaired) electrons. The van der Waals surface area contributed by atoms with Crippen LogP contribution >= 0.6 is 0 Å². The smallest absolute Gasteiger partial charge is 0.235 e. The molecule has 1 aliphatic carbocycles. The van der Waals surface area contributed by atoms with Crippen LogP contribution < -0.4 is 5.32 Å². The summed E-state index contributed by atoms with van der Waals surface area (Å²) in [6.45, 7) is 6.47. The van der Waals surface area contributed by atoms with Gasteiger partial charge >= 0.3 is 0 Å². The van der Waals surface area contributed by atoms with Crippen LogP contribution in [0, 0.1) is 17.2 Å². The number of carbonyl (C=O) groups is 1. The number of amides is 1. The summed E-state index contributed by atoms with van der Waals surface area (Å²) < 4.78 is 0. The number of nitrogens with zero attached hydrogens (tertiary/aromatic N) is 2. The minimum atomic E-state index is -0.737. The first kappa shape index (κ1) is 14.9. The monoisotopic (exact) mass is 253 g/mol. The van der Waals surface area contributed by atoms with Gasteiger partial charge in [0.05, 0.1) is 19.2 Å². The highest BCUT2D eigenvalue weighted by molar-refractivity contribution is 5.79. The van der Waals surface area contributed by atoms with Gasteiger partial charge in [0.15, 0.2) is 0 Å². The fourth-order valence-corrected chi connectivity index (χ4v) is 2.04. The second-order valence-electron chi connectivity index (χ2n) is 5.42. The molecule has 1 aliphatic rings. The number of nitriles is 1. The fraction of sp³-hybridized carbons (Fsp3) is 0.846. The van der Waals surface area contributed by atoms with E-state index in [4.69, 9.17) is 5.11 Å². The Morgan fingerprint density at radius 3 is 2.61 bits per heavy atom. The molecule has 5 nitrogen and oxygen atoms in total. The third kappa shape index (κ3) is 3.97. The van der Waals surface area contributed by atoms with E-state index >= 15 is 0 Å². The zero-order valence-electron chi connectivity index (χ0n) is 11.4. The Hall–Kier alpha value is -1.12. The Balaban J connectivity index is 2.51. The van der Waals surface area contributed by atoms with Crippen molar-refractivity contribution in [3.8, 4) is 6.07 Å². The molecule has 1 atom stereocenters. The van der Waals surface area contributed by atoms with E-state index in [0.717, 1.165) is 12.8 Å². The number of hydrogen-bond acceptors (Lipinski definition) is 4. The maximum atomic E-state index is 12.0. The van der Waals surface area contributed by atoms with Crippen LogP contribution in [0.4, 0.5) is 0 Å².